The van der Waals surface area contributed by atoms with Crippen LogP contribution < -0.4 is 20.1 Å². The van der Waals surface area contributed by atoms with Crippen LogP contribution in [0.1, 0.15) is 23.7 Å². The van der Waals surface area contributed by atoms with Gasteiger partial charge in [0.15, 0.2) is 6.10 Å². The summed E-state index contributed by atoms with van der Waals surface area (Å²) >= 11 is 1.21. The molecule has 0 saturated heterocycles. The lowest BCUT2D eigenvalue weighted by atomic mass is 10.0. The fraction of sp³-hybridized carbons (Fsp3) is 0.208. The number of nitrogens with one attached hydrogen (secondary N) is 2. The van der Waals surface area contributed by atoms with Crippen molar-refractivity contribution in [1.29, 1.82) is 0 Å². The molecule has 0 saturated carbocycles. The summed E-state index contributed by atoms with van der Waals surface area (Å²) in [6, 6.07) is 14.2. The van der Waals surface area contributed by atoms with Crippen molar-refractivity contribution in [3.05, 3.63) is 59.5 Å². The number of fused-ring (bicyclic) bond motifs is 1. The van der Waals surface area contributed by atoms with Gasteiger partial charge < -0.3 is 24.8 Å². The van der Waals surface area contributed by atoms with E-state index in [1.807, 2.05) is 12.1 Å². The standard InChI is InChI=1S/C24H22N2O6S/c1-3-31-24(29)21-16(14-8-10-15(30-2)11-9-14)13-33-23(21)26-20(27)12-19-22(28)25-17-6-4-5-7-18(17)32-19/h4-11,13,19H,3,12H2,1-2H3,(H,25,28)(H,26,27). The molecule has 8 nitrogen and oxygen atoms in total. The van der Waals surface area contributed by atoms with Gasteiger partial charge in [-0.3, -0.25) is 9.59 Å². The molecule has 2 heterocycles. The number of ether oxygens (including phenoxy) is 3. The van der Waals surface area contributed by atoms with Crippen molar-refractivity contribution < 1.29 is 28.6 Å². The summed E-state index contributed by atoms with van der Waals surface area (Å²) in [6.07, 6.45) is -1.19. The molecular weight excluding hydrogens is 444 g/mol. The summed E-state index contributed by atoms with van der Waals surface area (Å²) in [5, 5.41) is 7.61. The maximum Gasteiger partial charge on any atom is 0.341 e. The minimum Gasteiger partial charge on any atom is -0.497 e. The normalized spacial score (nSPS) is 14.5. The highest BCUT2D eigenvalue weighted by molar-refractivity contribution is 7.15. The minimum absolute atomic E-state index is 0.194. The number of anilines is 2. The number of amides is 2. The van der Waals surface area contributed by atoms with Crippen LogP contribution in [0.2, 0.25) is 0 Å². The second kappa shape index (κ2) is 9.74. The van der Waals surface area contributed by atoms with Gasteiger partial charge in [-0.2, -0.15) is 0 Å². The Morgan fingerprint density at radius 2 is 1.91 bits per heavy atom. The van der Waals surface area contributed by atoms with Crippen LogP contribution in [0.15, 0.2) is 53.9 Å². The smallest absolute Gasteiger partial charge is 0.341 e. The number of carbonyl (C=O) groups excluding carboxylic acids is 3. The van der Waals surface area contributed by atoms with Crippen molar-refractivity contribution in [2.45, 2.75) is 19.4 Å². The highest BCUT2D eigenvalue weighted by Gasteiger charge is 2.30. The van der Waals surface area contributed by atoms with Crippen molar-refractivity contribution in [3.8, 4) is 22.6 Å². The molecule has 2 aromatic carbocycles. The quantitative estimate of drug-likeness (QED) is 0.503. The SMILES string of the molecule is CCOC(=O)c1c(-c2ccc(OC)cc2)csc1NC(=O)CC1Oc2ccccc2NC1=O. The molecule has 1 unspecified atom stereocenters. The van der Waals surface area contributed by atoms with Crippen molar-refractivity contribution in [1.82, 2.24) is 0 Å². The van der Waals surface area contributed by atoms with E-state index in [2.05, 4.69) is 10.6 Å². The summed E-state index contributed by atoms with van der Waals surface area (Å²) in [7, 11) is 1.58. The van der Waals surface area contributed by atoms with E-state index in [1.165, 1.54) is 11.3 Å². The summed E-state index contributed by atoms with van der Waals surface area (Å²) in [6.45, 7) is 1.91. The van der Waals surface area contributed by atoms with Gasteiger partial charge in [-0.05, 0) is 36.8 Å². The number of rotatable bonds is 7. The predicted octanol–water partition coefficient (Wildman–Crippen LogP) is 4.33. The van der Waals surface area contributed by atoms with E-state index in [0.29, 0.717) is 27.8 Å². The maximum atomic E-state index is 12.8. The third kappa shape index (κ3) is 4.83. The zero-order chi connectivity index (χ0) is 23.4. The summed E-state index contributed by atoms with van der Waals surface area (Å²) in [4.78, 5) is 37.8. The second-order valence-corrected chi connectivity index (χ2v) is 8.03. The Balaban J connectivity index is 1.54. The molecule has 0 fully saturated rings. The number of para-hydroxylation sites is 2. The Bertz CT molecular complexity index is 1190. The lowest BCUT2D eigenvalue weighted by Crippen LogP contribution is -2.39. The number of methoxy groups -OCH3 is 1. The molecule has 1 aliphatic heterocycles. The van der Waals surface area contributed by atoms with Crippen LogP contribution in [-0.2, 0) is 14.3 Å². The van der Waals surface area contributed by atoms with Crippen LogP contribution in [0.4, 0.5) is 10.7 Å². The van der Waals surface area contributed by atoms with Gasteiger partial charge in [-0.1, -0.05) is 24.3 Å². The third-order valence-electron chi connectivity index (χ3n) is 5.00. The lowest BCUT2D eigenvalue weighted by Gasteiger charge is -2.25. The van der Waals surface area contributed by atoms with Crippen LogP contribution in [0.3, 0.4) is 0 Å². The van der Waals surface area contributed by atoms with Crippen LogP contribution >= 0.6 is 11.3 Å². The molecule has 1 atom stereocenters. The first kappa shape index (κ1) is 22.3. The number of esters is 1. The molecule has 0 radical (unpaired) electrons. The van der Waals surface area contributed by atoms with E-state index in [-0.39, 0.29) is 18.6 Å². The Morgan fingerprint density at radius 1 is 1.15 bits per heavy atom. The van der Waals surface area contributed by atoms with Crippen LogP contribution in [-0.4, -0.2) is 37.6 Å². The summed E-state index contributed by atoms with van der Waals surface area (Å²) < 4.78 is 16.1. The Kier molecular flexibility index (Phi) is 6.60. The largest absolute Gasteiger partial charge is 0.497 e. The molecular formula is C24H22N2O6S. The van der Waals surface area contributed by atoms with E-state index in [1.54, 1.807) is 55.8 Å². The van der Waals surface area contributed by atoms with Gasteiger partial charge in [0.25, 0.3) is 5.91 Å². The first-order valence-electron chi connectivity index (χ1n) is 10.3. The molecule has 4 rings (SSSR count). The average molecular weight is 467 g/mol. The van der Waals surface area contributed by atoms with Gasteiger partial charge in [0, 0.05) is 10.9 Å². The fourth-order valence-electron chi connectivity index (χ4n) is 3.41. The van der Waals surface area contributed by atoms with Crippen molar-refractivity contribution in [2.75, 3.05) is 24.4 Å². The average Bonchev–Trinajstić information content (AvgIpc) is 3.23. The van der Waals surface area contributed by atoms with Gasteiger partial charge in [0.05, 0.1) is 25.8 Å². The van der Waals surface area contributed by atoms with Gasteiger partial charge in [0.1, 0.15) is 22.1 Å². The Labute approximate surface area is 194 Å². The molecule has 2 N–H and O–H groups in total. The van der Waals surface area contributed by atoms with Crippen LogP contribution in [0, 0.1) is 0 Å². The molecule has 0 bridgehead atoms. The van der Waals surface area contributed by atoms with Gasteiger partial charge in [0.2, 0.25) is 5.91 Å². The van der Waals surface area contributed by atoms with Gasteiger partial charge in [-0.25, -0.2) is 4.79 Å². The highest BCUT2D eigenvalue weighted by Crippen LogP contribution is 2.37. The topological polar surface area (TPSA) is 103 Å². The fourth-order valence-corrected chi connectivity index (χ4v) is 4.39. The Hall–Kier alpha value is -3.85. The number of thiophene rings is 1. The number of benzene rings is 2. The number of hydrogen-bond acceptors (Lipinski definition) is 7. The molecule has 3 aromatic rings. The first-order valence-corrected chi connectivity index (χ1v) is 11.2. The molecule has 9 heteroatoms. The summed E-state index contributed by atoms with van der Waals surface area (Å²) in [5.74, 6) is -0.212. The third-order valence-corrected chi connectivity index (χ3v) is 5.90. The molecule has 1 aliphatic rings. The molecule has 1 aromatic heterocycles. The number of carbonyl (C=O) groups is 3. The zero-order valence-corrected chi connectivity index (χ0v) is 18.9. The van der Waals surface area contributed by atoms with E-state index >= 15 is 0 Å². The van der Waals surface area contributed by atoms with Crippen LogP contribution in [0.5, 0.6) is 11.5 Å². The van der Waals surface area contributed by atoms with Gasteiger partial charge in [-0.15, -0.1) is 11.3 Å². The summed E-state index contributed by atoms with van der Waals surface area (Å²) in [5.41, 5.74) is 2.24. The van der Waals surface area contributed by atoms with E-state index in [0.717, 1.165) is 5.56 Å². The lowest BCUT2D eigenvalue weighted by molar-refractivity contribution is -0.128. The van der Waals surface area contributed by atoms with E-state index in [9.17, 15) is 14.4 Å². The minimum atomic E-state index is -0.980. The predicted molar refractivity (Wildman–Crippen MR) is 125 cm³/mol. The highest BCUT2D eigenvalue weighted by atomic mass is 32.1. The maximum absolute atomic E-state index is 12.8. The van der Waals surface area contributed by atoms with Gasteiger partial charge >= 0.3 is 5.97 Å². The zero-order valence-electron chi connectivity index (χ0n) is 18.0. The van der Waals surface area contributed by atoms with E-state index < -0.39 is 23.9 Å². The molecule has 0 aliphatic carbocycles. The van der Waals surface area contributed by atoms with Crippen molar-refractivity contribution in [3.63, 3.8) is 0 Å². The monoisotopic (exact) mass is 466 g/mol. The second-order valence-electron chi connectivity index (χ2n) is 7.15. The molecule has 170 valence electrons. The molecule has 2 amide bonds. The number of hydrogen-bond donors (Lipinski definition) is 2. The van der Waals surface area contributed by atoms with Crippen molar-refractivity contribution in [2.24, 2.45) is 0 Å². The first-order chi connectivity index (χ1) is 16.0. The molecule has 0 spiro atoms. The molecule has 33 heavy (non-hydrogen) atoms. The van der Waals surface area contributed by atoms with E-state index in [4.69, 9.17) is 14.2 Å². The van der Waals surface area contributed by atoms with Crippen molar-refractivity contribution >= 4 is 39.8 Å². The Morgan fingerprint density at radius 3 is 2.64 bits per heavy atom. The van der Waals surface area contributed by atoms with Crippen LogP contribution in [0.25, 0.3) is 11.1 Å².